The van der Waals surface area contributed by atoms with Crippen molar-refractivity contribution in [1.82, 2.24) is 4.98 Å². The minimum atomic E-state index is 0.812. The van der Waals surface area contributed by atoms with E-state index >= 15 is 0 Å². The van der Waals surface area contributed by atoms with E-state index < -0.39 is 0 Å². The van der Waals surface area contributed by atoms with Gasteiger partial charge in [-0.25, -0.2) is 4.98 Å². The van der Waals surface area contributed by atoms with Crippen molar-refractivity contribution in [1.29, 1.82) is 0 Å². The Labute approximate surface area is 218 Å². The smallest absolute Gasteiger partial charge is 0.121 e. The maximum Gasteiger partial charge on any atom is 0.121 e. The fourth-order valence-corrected chi connectivity index (χ4v) is 5.41. The summed E-state index contributed by atoms with van der Waals surface area (Å²) in [5.74, 6) is 0. The van der Waals surface area contributed by atoms with Crippen molar-refractivity contribution in [3.05, 3.63) is 106 Å². The van der Waals surface area contributed by atoms with E-state index in [1.807, 2.05) is 13.8 Å². The minimum Gasteiger partial charge on any atom is -0.239 e. The summed E-state index contributed by atoms with van der Waals surface area (Å²) in [5, 5.41) is 7.15. The molecule has 0 atom stereocenters. The second-order valence-electron chi connectivity index (χ2n) is 7.70. The number of halogens is 2. The quantitative estimate of drug-likeness (QED) is 0.119. The third-order valence-electron chi connectivity index (χ3n) is 5.92. The van der Waals surface area contributed by atoms with Crippen molar-refractivity contribution in [2.24, 2.45) is 0 Å². The van der Waals surface area contributed by atoms with Crippen molar-refractivity contribution < 1.29 is 0 Å². The number of hydrogen-bond donors (Lipinski definition) is 0. The van der Waals surface area contributed by atoms with Crippen LogP contribution in [0.5, 0.6) is 0 Å². The Morgan fingerprint density at radius 3 is 1.65 bits per heavy atom. The van der Waals surface area contributed by atoms with Gasteiger partial charge in [0.25, 0.3) is 0 Å². The third-order valence-corrected chi connectivity index (χ3v) is 7.83. The lowest BCUT2D eigenvalue weighted by Gasteiger charge is -2.19. The summed E-state index contributed by atoms with van der Waals surface area (Å²) in [4.78, 5) is 5.04. The molecule has 1 aromatic heterocycles. The molecule has 0 amide bonds. The van der Waals surface area contributed by atoms with Crippen molar-refractivity contribution in [3.63, 3.8) is 0 Å². The first-order valence-corrected chi connectivity index (χ1v) is 13.2. The van der Waals surface area contributed by atoms with Crippen LogP contribution in [0, 0.1) is 0 Å². The lowest BCUT2D eigenvalue weighted by Crippen LogP contribution is -1.96. The van der Waals surface area contributed by atoms with Gasteiger partial charge in [0.1, 0.15) is 4.60 Å². The summed E-state index contributed by atoms with van der Waals surface area (Å²) in [6.07, 6.45) is 6.49. The molecular weight excluding hydrogens is 546 g/mol. The molecule has 0 N–H and O–H groups in total. The van der Waals surface area contributed by atoms with Crippen LogP contribution in [0.1, 0.15) is 33.3 Å². The average Bonchev–Trinajstić information content (AvgIpc) is 2.89. The summed E-state index contributed by atoms with van der Waals surface area (Å²) in [6.45, 7) is 8.17. The van der Waals surface area contributed by atoms with Crippen molar-refractivity contribution >= 4 is 69.8 Å². The van der Waals surface area contributed by atoms with Crippen LogP contribution in [0.15, 0.2) is 100 Å². The molecule has 0 radical (unpaired) electrons. The van der Waals surface area contributed by atoms with Crippen molar-refractivity contribution in [3.8, 4) is 11.3 Å². The number of nitrogens with zero attached hydrogens (tertiary/aromatic N) is 1. The van der Waals surface area contributed by atoms with Crippen LogP contribution in [-0.2, 0) is 0 Å². The standard InChI is InChI=1S/C29H21Br2N.C2H6/c1-3-11-18(4-2)25-19-12-5-7-14-21(19)26(22-15-8-6-13-20(22)25)28-24-17-10-9-16-23(24)27(30)29(31)32-28;1-2/h3-17H,1-2H3;1-2H3/b11-3-,18-4+;. The molecule has 1 nitrogen and oxygen atoms in total. The summed E-state index contributed by atoms with van der Waals surface area (Å²) in [5.41, 5.74) is 4.64. The van der Waals surface area contributed by atoms with Crippen LogP contribution >= 0.6 is 31.9 Å². The fourth-order valence-electron chi connectivity index (χ4n) is 4.59. The summed E-state index contributed by atoms with van der Waals surface area (Å²) in [6, 6.07) is 25.8. The topological polar surface area (TPSA) is 12.9 Å². The molecule has 3 heteroatoms. The molecule has 170 valence electrons. The van der Waals surface area contributed by atoms with Crippen LogP contribution in [0.4, 0.5) is 0 Å². The number of aromatic nitrogens is 1. The molecule has 0 aliphatic rings. The Kier molecular flexibility index (Phi) is 7.65. The van der Waals surface area contributed by atoms with E-state index in [0.717, 1.165) is 25.5 Å². The van der Waals surface area contributed by atoms with E-state index in [-0.39, 0.29) is 0 Å². The second kappa shape index (κ2) is 10.7. The van der Waals surface area contributed by atoms with Gasteiger partial charge in [-0.3, -0.25) is 0 Å². The molecule has 34 heavy (non-hydrogen) atoms. The highest BCUT2D eigenvalue weighted by atomic mass is 79.9. The number of pyridine rings is 1. The zero-order valence-electron chi connectivity index (χ0n) is 19.9. The van der Waals surface area contributed by atoms with Gasteiger partial charge in [-0.15, -0.1) is 0 Å². The molecule has 0 saturated heterocycles. The van der Waals surface area contributed by atoms with Crippen LogP contribution in [0.2, 0.25) is 0 Å². The van der Waals surface area contributed by atoms with Gasteiger partial charge in [0.2, 0.25) is 0 Å². The number of benzene rings is 4. The molecule has 0 unspecified atom stereocenters. The largest absolute Gasteiger partial charge is 0.239 e. The highest BCUT2D eigenvalue weighted by Gasteiger charge is 2.20. The van der Waals surface area contributed by atoms with Gasteiger partial charge in [-0.05, 0) is 78.4 Å². The highest BCUT2D eigenvalue weighted by molar-refractivity contribution is 9.13. The lowest BCUT2D eigenvalue weighted by atomic mass is 9.86. The van der Waals surface area contributed by atoms with Gasteiger partial charge in [0.05, 0.1) is 10.2 Å². The lowest BCUT2D eigenvalue weighted by molar-refractivity contribution is 1.30. The predicted octanol–water partition coefficient (Wildman–Crippen LogP) is 10.7. The average molecular weight is 573 g/mol. The number of fused-ring (bicyclic) bond motifs is 3. The van der Waals surface area contributed by atoms with Gasteiger partial charge in [0.15, 0.2) is 0 Å². The summed E-state index contributed by atoms with van der Waals surface area (Å²) >= 11 is 7.41. The van der Waals surface area contributed by atoms with Gasteiger partial charge in [-0.1, -0.05) is 105 Å². The van der Waals surface area contributed by atoms with E-state index in [4.69, 9.17) is 4.98 Å². The molecule has 5 aromatic rings. The first kappa shape index (κ1) is 24.4. The number of rotatable bonds is 3. The summed E-state index contributed by atoms with van der Waals surface area (Å²) in [7, 11) is 0. The SMILES string of the molecule is C/C=C\C(=C/C)c1c2ccccc2c(-c2nc(Br)c(Br)c3ccccc23)c2ccccc12.CC. The highest BCUT2D eigenvalue weighted by Crippen LogP contribution is 2.45. The molecule has 0 fully saturated rings. The molecule has 0 aliphatic heterocycles. The molecular formula is C31H27Br2N. The van der Waals surface area contributed by atoms with Crippen LogP contribution in [0.25, 0.3) is 49.1 Å². The first-order valence-electron chi connectivity index (χ1n) is 11.6. The molecule has 0 spiro atoms. The van der Waals surface area contributed by atoms with Crippen LogP contribution in [-0.4, -0.2) is 4.98 Å². The van der Waals surface area contributed by atoms with Crippen molar-refractivity contribution in [2.75, 3.05) is 0 Å². The van der Waals surface area contributed by atoms with Gasteiger partial charge in [-0.2, -0.15) is 0 Å². The predicted molar refractivity (Wildman–Crippen MR) is 157 cm³/mol. The molecule has 5 rings (SSSR count). The molecule has 0 saturated carbocycles. The Hall–Kier alpha value is -2.75. The van der Waals surface area contributed by atoms with E-state index in [0.29, 0.717) is 0 Å². The second-order valence-corrected chi connectivity index (χ2v) is 9.24. The maximum absolute atomic E-state index is 5.04. The van der Waals surface area contributed by atoms with Crippen LogP contribution < -0.4 is 0 Å². The normalized spacial score (nSPS) is 11.9. The van der Waals surface area contributed by atoms with E-state index in [9.17, 15) is 0 Å². The van der Waals surface area contributed by atoms with E-state index in [1.54, 1.807) is 0 Å². The Morgan fingerprint density at radius 2 is 1.15 bits per heavy atom. The van der Waals surface area contributed by atoms with Crippen LogP contribution in [0.3, 0.4) is 0 Å². The fraction of sp³-hybridized carbons (Fsp3) is 0.129. The van der Waals surface area contributed by atoms with Gasteiger partial charge >= 0.3 is 0 Å². The Morgan fingerprint density at radius 1 is 0.676 bits per heavy atom. The Balaban J connectivity index is 0.00000133. The third kappa shape index (κ3) is 4.12. The maximum atomic E-state index is 5.04. The van der Waals surface area contributed by atoms with E-state index in [1.165, 1.54) is 38.2 Å². The van der Waals surface area contributed by atoms with Crippen molar-refractivity contribution in [2.45, 2.75) is 27.7 Å². The van der Waals surface area contributed by atoms with E-state index in [2.05, 4.69) is 137 Å². The number of allylic oxidation sites excluding steroid dienone is 4. The number of hydrogen-bond acceptors (Lipinski definition) is 1. The molecule has 1 heterocycles. The summed E-state index contributed by atoms with van der Waals surface area (Å²) < 4.78 is 1.79. The zero-order valence-corrected chi connectivity index (χ0v) is 23.0. The van der Waals surface area contributed by atoms with Gasteiger partial charge < -0.3 is 0 Å². The molecule has 0 aliphatic carbocycles. The van der Waals surface area contributed by atoms with Gasteiger partial charge in [0, 0.05) is 16.3 Å². The monoisotopic (exact) mass is 571 g/mol. The first-order chi connectivity index (χ1) is 16.7. The zero-order chi connectivity index (χ0) is 24.2. The Bertz CT molecular complexity index is 1500. The minimum absolute atomic E-state index is 0.812. The molecule has 4 aromatic carbocycles. The molecule has 0 bridgehead atoms.